The number of nitro groups is 1. The molecule has 0 amide bonds. The van der Waals surface area contributed by atoms with Crippen molar-refractivity contribution in [2.75, 3.05) is 20.3 Å². The van der Waals surface area contributed by atoms with Gasteiger partial charge in [0.15, 0.2) is 0 Å². The highest BCUT2D eigenvalue weighted by Gasteiger charge is 2.54. The first-order chi connectivity index (χ1) is 15.1. The molecule has 0 spiro atoms. The summed E-state index contributed by atoms with van der Waals surface area (Å²) in [6.45, 7) is 8.02. The lowest BCUT2D eigenvalue weighted by Gasteiger charge is -2.29. The average Bonchev–Trinajstić information content (AvgIpc) is 2.74. The number of hydrogen-bond acceptors (Lipinski definition) is 8. The molecule has 1 N–H and O–H groups in total. The Morgan fingerprint density at radius 2 is 1.91 bits per heavy atom. The second kappa shape index (κ2) is 9.58. The molecule has 1 aliphatic rings. The van der Waals surface area contributed by atoms with Gasteiger partial charge in [0.25, 0.3) is 5.69 Å². The number of carbonyl (C=O) groups is 1. The number of rotatable bonds is 6. The van der Waals surface area contributed by atoms with Gasteiger partial charge in [-0.3, -0.25) is 15.1 Å². The first-order valence-electron chi connectivity index (χ1n) is 10.3. The van der Waals surface area contributed by atoms with E-state index in [4.69, 9.17) is 13.8 Å². The summed E-state index contributed by atoms with van der Waals surface area (Å²) in [7, 11) is -2.46. The molecule has 10 heteroatoms. The summed E-state index contributed by atoms with van der Waals surface area (Å²) in [5.41, 5.74) is 0.838. The predicted octanol–water partition coefficient (Wildman–Crippen LogP) is 4.15. The highest BCUT2D eigenvalue weighted by atomic mass is 31.2. The monoisotopic (exact) mass is 463 g/mol. The summed E-state index contributed by atoms with van der Waals surface area (Å²) in [6, 6.07) is 6.03. The summed E-state index contributed by atoms with van der Waals surface area (Å²) in [6.07, 6.45) is 0.871. The molecule has 1 aromatic carbocycles. The van der Waals surface area contributed by atoms with Crippen LogP contribution in [0.3, 0.4) is 0 Å². The zero-order valence-electron chi connectivity index (χ0n) is 18.8. The summed E-state index contributed by atoms with van der Waals surface area (Å²) in [5.74, 6) is -0.165. The van der Waals surface area contributed by atoms with E-state index in [1.807, 2.05) is 0 Å². The van der Waals surface area contributed by atoms with Crippen molar-refractivity contribution in [3.63, 3.8) is 0 Å². The quantitative estimate of drug-likeness (QED) is 0.294. The topological polar surface area (TPSA) is 121 Å². The minimum Gasteiger partial charge on any atom is -0.465 e. The maximum absolute atomic E-state index is 12.8. The maximum Gasteiger partial charge on any atom is 0.448 e. The molecule has 3 rings (SSSR count). The Balaban J connectivity index is 2.26. The van der Waals surface area contributed by atoms with Crippen LogP contribution < -0.4 is 5.30 Å². The fourth-order valence-electron chi connectivity index (χ4n) is 4.07. The third-order valence-electron chi connectivity index (χ3n) is 5.34. The third kappa shape index (κ3) is 4.66. The van der Waals surface area contributed by atoms with Gasteiger partial charge in [0.2, 0.25) is 5.30 Å². The van der Waals surface area contributed by atoms with Crippen molar-refractivity contribution in [1.29, 1.82) is 0 Å². The summed E-state index contributed by atoms with van der Waals surface area (Å²) >= 11 is 0. The summed E-state index contributed by atoms with van der Waals surface area (Å²) in [5, 5.41) is 12.0. The minimum atomic E-state index is -3.68. The van der Waals surface area contributed by atoms with Crippen LogP contribution in [0.1, 0.15) is 42.0 Å². The van der Waals surface area contributed by atoms with Crippen molar-refractivity contribution in [3.8, 4) is 11.1 Å². The highest BCUT2D eigenvalue weighted by Crippen LogP contribution is 2.61. The van der Waals surface area contributed by atoms with Gasteiger partial charge in [-0.15, -0.1) is 0 Å². The van der Waals surface area contributed by atoms with E-state index in [2.05, 4.69) is 18.8 Å². The van der Waals surface area contributed by atoms with Crippen molar-refractivity contribution in [1.82, 2.24) is 4.98 Å². The normalized spacial score (nSPS) is 20.9. The Kier molecular flexibility index (Phi) is 7.25. The molecule has 0 bridgehead atoms. The second-order valence-corrected chi connectivity index (χ2v) is 10.3. The van der Waals surface area contributed by atoms with Crippen molar-refractivity contribution < 1.29 is 28.4 Å². The lowest BCUT2D eigenvalue weighted by molar-refractivity contribution is -0.384. The molecule has 9 nitrogen and oxygen atoms in total. The molecule has 1 saturated heterocycles. The summed E-state index contributed by atoms with van der Waals surface area (Å²) in [4.78, 5) is 40.0. The maximum atomic E-state index is 12.8. The van der Waals surface area contributed by atoms with Gasteiger partial charge < -0.3 is 4.74 Å². The zero-order chi connectivity index (χ0) is 23.6. The van der Waals surface area contributed by atoms with E-state index in [0.29, 0.717) is 17.3 Å². The Bertz CT molecular complexity index is 1030. The van der Waals surface area contributed by atoms with Gasteiger partial charge >= 0.3 is 13.9 Å². The Morgan fingerprint density at radius 1 is 1.28 bits per heavy atom. The number of nitro benzene ring substituents is 1. The van der Waals surface area contributed by atoms with E-state index < -0.39 is 18.8 Å². The first-order valence-corrected chi connectivity index (χ1v) is 11.9. The Morgan fingerprint density at radius 3 is 2.47 bits per heavy atom. The van der Waals surface area contributed by atoms with Gasteiger partial charge in [-0.25, -0.2) is 4.79 Å². The molecule has 0 aliphatic carbocycles. The number of esters is 1. The number of nitrogens with zero attached hydrogens (tertiary/aromatic N) is 2. The van der Waals surface area contributed by atoms with Gasteiger partial charge in [0, 0.05) is 12.0 Å². The van der Waals surface area contributed by atoms with Gasteiger partial charge in [0.1, 0.15) is 13.2 Å². The van der Waals surface area contributed by atoms with Gasteiger partial charge in [-0.05, 0) is 32.3 Å². The highest BCUT2D eigenvalue weighted by molar-refractivity contribution is 7.69. The molecule has 1 fully saturated rings. The lowest BCUT2D eigenvalue weighted by Crippen LogP contribution is -2.33. The average molecular weight is 463 g/mol. The molecular formula is C22H28N2O7P+. The fraction of sp³-hybridized carbons (Fsp3) is 0.455. The molecular weight excluding hydrogens is 435 g/mol. The Labute approximate surface area is 187 Å². The molecule has 2 heterocycles. The minimum absolute atomic E-state index is 0.0346. The molecule has 172 valence electrons. The molecule has 0 atom stereocenters. The molecule has 32 heavy (non-hydrogen) atoms. The van der Waals surface area contributed by atoms with Crippen molar-refractivity contribution in [2.24, 2.45) is 11.8 Å². The van der Waals surface area contributed by atoms with Crippen LogP contribution in [0.15, 0.2) is 24.3 Å². The molecule has 1 aliphatic heterocycles. The third-order valence-corrected chi connectivity index (χ3v) is 7.45. The number of methoxy groups -OCH3 is 1. The van der Waals surface area contributed by atoms with Crippen molar-refractivity contribution >= 4 is 24.9 Å². The van der Waals surface area contributed by atoms with Crippen LogP contribution in [-0.4, -0.2) is 41.1 Å². The van der Waals surface area contributed by atoms with Crippen LogP contribution in [0.25, 0.3) is 11.1 Å². The van der Waals surface area contributed by atoms with Gasteiger partial charge in [0.05, 0.1) is 40.1 Å². The zero-order valence-corrected chi connectivity index (χ0v) is 19.7. The fourth-order valence-corrected chi connectivity index (χ4v) is 6.21. The number of ether oxygens (including phenoxy) is 1. The number of benzene rings is 1. The Hall–Kier alpha value is -2.45. The van der Waals surface area contributed by atoms with Crippen molar-refractivity contribution in [2.45, 2.75) is 34.1 Å². The molecule has 0 unspecified atom stereocenters. The number of carbonyl (C=O) groups excluding carboxylic acids is 1. The SMILES string of the molecule is COC(=O)c1c(C)nc(C)c([P+]2(O)OCC(CC(C)C)CO2)c1-c1ccccc1[N+](=O)[O-]. The van der Waals surface area contributed by atoms with E-state index >= 15 is 0 Å². The van der Waals surface area contributed by atoms with Crippen LogP contribution in [0.5, 0.6) is 0 Å². The van der Waals surface area contributed by atoms with Crippen LogP contribution in [0.2, 0.25) is 0 Å². The van der Waals surface area contributed by atoms with Crippen LogP contribution in [0, 0.1) is 35.8 Å². The number of hydrogen-bond donors (Lipinski definition) is 1. The smallest absolute Gasteiger partial charge is 0.448 e. The van der Waals surface area contributed by atoms with Crippen LogP contribution in [0.4, 0.5) is 5.69 Å². The van der Waals surface area contributed by atoms with E-state index in [9.17, 15) is 19.8 Å². The molecule has 0 saturated carbocycles. The lowest BCUT2D eigenvalue weighted by atomic mass is 9.96. The van der Waals surface area contributed by atoms with Crippen molar-refractivity contribution in [3.05, 3.63) is 51.3 Å². The standard InChI is InChI=1S/C22H28N2O7P/c1-13(2)10-16-11-30-32(28,31-12-16)21-15(4)23-14(3)19(22(25)29-5)20(21)17-8-6-7-9-18(17)24(26)27/h6-9,13,16,28H,10-12H2,1-5H3/q+1. The number of pyridine rings is 1. The van der Waals surface area contributed by atoms with Gasteiger partial charge in [-0.2, -0.15) is 13.9 Å². The predicted molar refractivity (Wildman–Crippen MR) is 121 cm³/mol. The van der Waals surface area contributed by atoms with E-state index in [-0.39, 0.29) is 46.8 Å². The number of aryl methyl sites for hydroxylation is 2. The van der Waals surface area contributed by atoms with E-state index in [1.165, 1.54) is 25.3 Å². The first kappa shape index (κ1) is 24.2. The van der Waals surface area contributed by atoms with Crippen LogP contribution in [-0.2, 0) is 13.8 Å². The van der Waals surface area contributed by atoms with E-state index in [1.54, 1.807) is 19.9 Å². The van der Waals surface area contributed by atoms with E-state index in [0.717, 1.165) is 6.42 Å². The van der Waals surface area contributed by atoms with Crippen LogP contribution >= 0.6 is 7.94 Å². The number of para-hydroxylation sites is 1. The van der Waals surface area contributed by atoms with Gasteiger partial charge in [-0.1, -0.05) is 26.0 Å². The second-order valence-electron chi connectivity index (χ2n) is 8.25. The molecule has 0 radical (unpaired) electrons. The molecule has 1 aromatic heterocycles. The molecule has 2 aromatic rings. The number of aromatic nitrogens is 1. The summed E-state index contributed by atoms with van der Waals surface area (Å²) < 4.78 is 16.8. The largest absolute Gasteiger partial charge is 0.465 e.